The van der Waals surface area contributed by atoms with Gasteiger partial charge in [-0.2, -0.15) is 4.98 Å². The van der Waals surface area contributed by atoms with Crippen molar-refractivity contribution in [3.63, 3.8) is 0 Å². The molecule has 0 aliphatic heterocycles. The van der Waals surface area contributed by atoms with Crippen molar-refractivity contribution in [3.05, 3.63) is 38.9 Å². The first kappa shape index (κ1) is 14.3. The van der Waals surface area contributed by atoms with Crippen LogP contribution >= 0.6 is 27.3 Å². The quantitative estimate of drug-likeness (QED) is 0.760. The SMILES string of the molecule is CC(N)c1nc(-c2nc(-c3cc(F)ccc3Br)no2)cs1. The fourth-order valence-electron chi connectivity index (χ4n) is 1.70. The molecule has 0 radical (unpaired) electrons. The molecule has 2 N–H and O–H groups in total. The van der Waals surface area contributed by atoms with Crippen LogP contribution in [0.2, 0.25) is 0 Å². The van der Waals surface area contributed by atoms with Crippen molar-refractivity contribution in [3.8, 4) is 23.0 Å². The van der Waals surface area contributed by atoms with Crippen LogP contribution in [0.4, 0.5) is 4.39 Å². The first-order chi connectivity index (χ1) is 10.0. The summed E-state index contributed by atoms with van der Waals surface area (Å²) in [7, 11) is 0. The van der Waals surface area contributed by atoms with Gasteiger partial charge in [0.25, 0.3) is 5.89 Å². The number of benzene rings is 1. The van der Waals surface area contributed by atoms with Crippen LogP contribution < -0.4 is 5.73 Å². The summed E-state index contributed by atoms with van der Waals surface area (Å²) in [5.41, 5.74) is 6.86. The van der Waals surface area contributed by atoms with E-state index in [0.717, 1.165) is 5.01 Å². The molecule has 1 aromatic carbocycles. The van der Waals surface area contributed by atoms with E-state index in [1.54, 1.807) is 11.4 Å². The fourth-order valence-corrected chi connectivity index (χ4v) is 2.88. The first-order valence-corrected chi connectivity index (χ1v) is 7.72. The molecule has 0 amide bonds. The van der Waals surface area contributed by atoms with Crippen molar-refractivity contribution in [2.75, 3.05) is 0 Å². The predicted molar refractivity (Wildman–Crippen MR) is 81.1 cm³/mol. The Hall–Kier alpha value is -1.64. The zero-order valence-corrected chi connectivity index (χ0v) is 13.3. The smallest absolute Gasteiger partial charge is 0.277 e. The summed E-state index contributed by atoms with van der Waals surface area (Å²) in [5.74, 6) is 0.212. The van der Waals surface area contributed by atoms with Gasteiger partial charge < -0.3 is 10.3 Å². The van der Waals surface area contributed by atoms with E-state index < -0.39 is 0 Å². The predicted octanol–water partition coefficient (Wildman–Crippen LogP) is 3.78. The van der Waals surface area contributed by atoms with Gasteiger partial charge >= 0.3 is 0 Å². The first-order valence-electron chi connectivity index (χ1n) is 6.05. The monoisotopic (exact) mass is 368 g/mol. The Kier molecular flexibility index (Phi) is 3.83. The highest BCUT2D eigenvalue weighted by Crippen LogP contribution is 2.29. The van der Waals surface area contributed by atoms with Gasteiger partial charge in [-0.25, -0.2) is 9.37 Å². The Balaban J connectivity index is 1.97. The molecule has 1 unspecified atom stereocenters. The van der Waals surface area contributed by atoms with Gasteiger partial charge in [-0.15, -0.1) is 11.3 Å². The molecule has 0 aliphatic rings. The topological polar surface area (TPSA) is 77.8 Å². The van der Waals surface area contributed by atoms with Crippen molar-refractivity contribution in [2.45, 2.75) is 13.0 Å². The van der Waals surface area contributed by atoms with Gasteiger partial charge in [0, 0.05) is 15.4 Å². The molecule has 3 rings (SSSR count). The van der Waals surface area contributed by atoms with Gasteiger partial charge in [0.15, 0.2) is 0 Å². The molecule has 8 heteroatoms. The van der Waals surface area contributed by atoms with Crippen molar-refractivity contribution in [1.29, 1.82) is 0 Å². The number of rotatable bonds is 3. The minimum Gasteiger partial charge on any atom is -0.332 e. The Bertz CT molecular complexity index is 786. The maximum Gasteiger partial charge on any atom is 0.277 e. The molecule has 1 atom stereocenters. The maximum absolute atomic E-state index is 13.3. The fraction of sp³-hybridized carbons (Fsp3) is 0.154. The van der Waals surface area contributed by atoms with E-state index in [1.165, 1.54) is 23.5 Å². The van der Waals surface area contributed by atoms with Gasteiger partial charge in [-0.05, 0) is 25.1 Å². The second-order valence-corrected chi connectivity index (χ2v) is 6.15. The van der Waals surface area contributed by atoms with Gasteiger partial charge in [0.1, 0.15) is 16.5 Å². The van der Waals surface area contributed by atoms with Crippen LogP contribution in [0.25, 0.3) is 23.0 Å². The molecular formula is C13H10BrFN4OS. The van der Waals surface area contributed by atoms with Gasteiger partial charge in [0.05, 0.1) is 6.04 Å². The van der Waals surface area contributed by atoms with Crippen molar-refractivity contribution in [2.24, 2.45) is 5.73 Å². The summed E-state index contributed by atoms with van der Waals surface area (Å²) in [5, 5.41) is 6.46. The number of nitrogens with two attached hydrogens (primary N) is 1. The van der Waals surface area contributed by atoms with E-state index in [9.17, 15) is 4.39 Å². The summed E-state index contributed by atoms with van der Waals surface area (Å²) in [4.78, 5) is 8.59. The normalized spacial score (nSPS) is 12.6. The molecule has 0 aliphatic carbocycles. The second-order valence-electron chi connectivity index (χ2n) is 4.41. The number of halogens is 2. The van der Waals surface area contributed by atoms with Crippen LogP contribution in [0.5, 0.6) is 0 Å². The zero-order valence-electron chi connectivity index (χ0n) is 10.9. The molecule has 2 aromatic heterocycles. The molecule has 108 valence electrons. The van der Waals surface area contributed by atoms with E-state index >= 15 is 0 Å². The molecule has 21 heavy (non-hydrogen) atoms. The van der Waals surface area contributed by atoms with Crippen molar-refractivity contribution >= 4 is 27.3 Å². The maximum atomic E-state index is 13.3. The lowest BCUT2D eigenvalue weighted by molar-refractivity contribution is 0.431. The summed E-state index contributed by atoms with van der Waals surface area (Å²) >= 11 is 4.77. The largest absolute Gasteiger partial charge is 0.332 e. The third-order valence-corrected chi connectivity index (χ3v) is 4.46. The Labute approximate surface area is 132 Å². The minimum atomic E-state index is -0.368. The Morgan fingerprint density at radius 1 is 1.38 bits per heavy atom. The highest BCUT2D eigenvalue weighted by atomic mass is 79.9. The van der Waals surface area contributed by atoms with Crippen molar-refractivity contribution < 1.29 is 8.91 Å². The Morgan fingerprint density at radius 3 is 2.90 bits per heavy atom. The number of nitrogens with zero attached hydrogens (tertiary/aromatic N) is 3. The molecule has 0 saturated heterocycles. The van der Waals surface area contributed by atoms with Crippen LogP contribution in [0, 0.1) is 5.82 Å². The average Bonchev–Trinajstić information content (AvgIpc) is 3.09. The number of hydrogen-bond donors (Lipinski definition) is 1. The van der Waals surface area contributed by atoms with Gasteiger partial charge in [0.2, 0.25) is 5.82 Å². The molecule has 2 heterocycles. The summed E-state index contributed by atoms with van der Waals surface area (Å²) in [6.07, 6.45) is 0. The standard InChI is InChI=1S/C13H10BrFN4OS/c1-6(16)13-17-10(5-21-13)12-18-11(19-20-12)8-4-7(15)2-3-9(8)14/h2-6H,16H2,1H3. The molecule has 0 fully saturated rings. The molecule has 0 bridgehead atoms. The van der Waals surface area contributed by atoms with E-state index in [4.69, 9.17) is 10.3 Å². The summed E-state index contributed by atoms with van der Waals surface area (Å²) < 4.78 is 19.2. The third-order valence-electron chi connectivity index (χ3n) is 2.73. The van der Waals surface area contributed by atoms with Crippen LogP contribution in [-0.4, -0.2) is 15.1 Å². The lowest BCUT2D eigenvalue weighted by Gasteiger charge is -1.98. The molecule has 0 spiro atoms. The third kappa shape index (κ3) is 2.87. The second kappa shape index (κ2) is 5.63. The number of thiazole rings is 1. The van der Waals surface area contributed by atoms with Crippen LogP contribution in [0.1, 0.15) is 18.0 Å². The van der Waals surface area contributed by atoms with E-state index in [0.29, 0.717) is 21.6 Å². The lowest BCUT2D eigenvalue weighted by Crippen LogP contribution is -2.03. The van der Waals surface area contributed by atoms with Gasteiger partial charge in [-0.3, -0.25) is 0 Å². The average molecular weight is 369 g/mol. The van der Waals surface area contributed by atoms with Gasteiger partial charge in [-0.1, -0.05) is 21.1 Å². The molecule has 3 aromatic rings. The van der Waals surface area contributed by atoms with Crippen LogP contribution in [0.3, 0.4) is 0 Å². The molecular weight excluding hydrogens is 359 g/mol. The van der Waals surface area contributed by atoms with Crippen LogP contribution in [0.15, 0.2) is 32.6 Å². The van der Waals surface area contributed by atoms with E-state index in [2.05, 4.69) is 31.1 Å². The molecule has 5 nitrogen and oxygen atoms in total. The Morgan fingerprint density at radius 2 is 2.19 bits per heavy atom. The highest BCUT2D eigenvalue weighted by molar-refractivity contribution is 9.10. The van der Waals surface area contributed by atoms with E-state index in [-0.39, 0.29) is 17.7 Å². The van der Waals surface area contributed by atoms with Crippen LogP contribution in [-0.2, 0) is 0 Å². The minimum absolute atomic E-state index is 0.150. The summed E-state index contributed by atoms with van der Waals surface area (Å²) in [6, 6.07) is 4.14. The zero-order chi connectivity index (χ0) is 15.0. The highest BCUT2D eigenvalue weighted by Gasteiger charge is 2.16. The van der Waals surface area contributed by atoms with Crippen molar-refractivity contribution in [1.82, 2.24) is 15.1 Å². The lowest BCUT2D eigenvalue weighted by atomic mass is 10.2. The number of hydrogen-bond acceptors (Lipinski definition) is 6. The molecule has 0 saturated carbocycles. The number of aromatic nitrogens is 3. The summed E-state index contributed by atoms with van der Waals surface area (Å²) in [6.45, 7) is 1.85. The van der Waals surface area contributed by atoms with E-state index in [1.807, 2.05) is 6.92 Å².